The van der Waals surface area contributed by atoms with Gasteiger partial charge in [-0.2, -0.15) is 8.78 Å². The van der Waals surface area contributed by atoms with Gasteiger partial charge in [0, 0.05) is 5.69 Å². The van der Waals surface area contributed by atoms with Crippen molar-refractivity contribution in [1.29, 1.82) is 0 Å². The molecule has 3 N–H and O–H groups in total. The number of anilines is 1. The number of carbonyl (C=O) groups is 1. The second-order valence-corrected chi connectivity index (χ2v) is 2.29. The molecule has 0 aliphatic carbocycles. The first-order chi connectivity index (χ1) is 6.99. The first kappa shape index (κ1) is 13.0. The van der Waals surface area contributed by atoms with Gasteiger partial charge in [-0.3, -0.25) is 0 Å². The minimum absolute atomic E-state index is 0.155. The van der Waals surface area contributed by atoms with E-state index in [9.17, 15) is 18.0 Å². The van der Waals surface area contributed by atoms with E-state index in [1.807, 2.05) is 0 Å². The van der Waals surface area contributed by atoms with Gasteiger partial charge in [0.15, 0.2) is 6.33 Å². The number of aromatic carboxylic acids is 1. The van der Waals surface area contributed by atoms with E-state index in [1.165, 1.54) is 6.07 Å². The van der Waals surface area contributed by atoms with Gasteiger partial charge < -0.3 is 10.8 Å². The van der Waals surface area contributed by atoms with E-state index in [-0.39, 0.29) is 5.56 Å². The molecule has 0 atom stereocenters. The Hall–Kier alpha value is -1.98. The van der Waals surface area contributed by atoms with Gasteiger partial charge in [-0.25, -0.2) is 9.18 Å². The molecule has 0 heterocycles. The number of nitrogen functional groups attached to an aromatic ring is 1. The van der Waals surface area contributed by atoms with Gasteiger partial charge in [0.05, 0.1) is 5.56 Å². The van der Waals surface area contributed by atoms with Crippen LogP contribution in [0.3, 0.4) is 0 Å². The first-order valence-electron chi connectivity index (χ1n) is 3.68. The summed E-state index contributed by atoms with van der Waals surface area (Å²) in [7, 11) is 0. The Morgan fingerprint density at radius 2 is 1.80 bits per heavy atom. The van der Waals surface area contributed by atoms with Gasteiger partial charge in [-0.05, 0) is 12.1 Å². The van der Waals surface area contributed by atoms with Crippen LogP contribution < -0.4 is 5.73 Å². The van der Waals surface area contributed by atoms with Crippen LogP contribution in [0.4, 0.5) is 18.9 Å². The van der Waals surface area contributed by atoms with Crippen molar-refractivity contribution in [1.82, 2.24) is 0 Å². The monoisotopic (exact) mass is 219 g/mol. The van der Waals surface area contributed by atoms with E-state index < -0.39 is 18.4 Å². The molecule has 0 amide bonds. The maximum atomic E-state index is 10.3. The average molecular weight is 219 g/mol. The lowest BCUT2D eigenvalue weighted by atomic mass is 10.2. The molecule has 3 nitrogen and oxygen atoms in total. The SMILES string of the molecule is FC=C(F)F.Nc1ccccc1C(=O)O. The van der Waals surface area contributed by atoms with E-state index in [4.69, 9.17) is 10.8 Å². The fourth-order valence-corrected chi connectivity index (χ4v) is 0.692. The molecule has 1 rings (SSSR count). The minimum atomic E-state index is -2.29. The highest BCUT2D eigenvalue weighted by molar-refractivity contribution is 5.93. The van der Waals surface area contributed by atoms with Crippen molar-refractivity contribution in [2.75, 3.05) is 5.73 Å². The molecule has 1 aromatic rings. The normalized spacial score (nSPS) is 8.47. The Labute approximate surface area is 83.6 Å². The van der Waals surface area contributed by atoms with Gasteiger partial charge >= 0.3 is 5.97 Å². The topological polar surface area (TPSA) is 63.3 Å². The molecule has 0 unspecified atom stereocenters. The number of hydrogen-bond donors (Lipinski definition) is 2. The largest absolute Gasteiger partial charge is 0.478 e. The molecule has 0 fully saturated rings. The van der Waals surface area contributed by atoms with Gasteiger partial charge in [-0.1, -0.05) is 12.1 Å². The summed E-state index contributed by atoms with van der Waals surface area (Å²) in [4.78, 5) is 10.3. The molecule has 0 spiro atoms. The zero-order chi connectivity index (χ0) is 11.8. The summed E-state index contributed by atoms with van der Waals surface area (Å²) in [5.74, 6) is -0.988. The lowest BCUT2D eigenvalue weighted by Crippen LogP contribution is -2.00. The van der Waals surface area contributed by atoms with Crippen LogP contribution in [0.15, 0.2) is 36.7 Å². The molecule has 0 radical (unpaired) electrons. The van der Waals surface area contributed by atoms with Crippen LogP contribution in [-0.2, 0) is 0 Å². The third kappa shape index (κ3) is 5.35. The molecule has 6 heteroatoms. The molecule has 0 aromatic heterocycles. The second kappa shape index (κ2) is 6.47. The van der Waals surface area contributed by atoms with Crippen molar-refractivity contribution in [3.63, 3.8) is 0 Å². The zero-order valence-corrected chi connectivity index (χ0v) is 7.45. The predicted molar refractivity (Wildman–Crippen MR) is 49.2 cm³/mol. The zero-order valence-electron chi connectivity index (χ0n) is 7.45. The molecule has 0 bridgehead atoms. The Kier molecular flexibility index (Phi) is 5.62. The van der Waals surface area contributed by atoms with Gasteiger partial charge in [-0.15, -0.1) is 0 Å². The molecule has 15 heavy (non-hydrogen) atoms. The highest BCUT2D eigenvalue weighted by Gasteiger charge is 2.03. The van der Waals surface area contributed by atoms with E-state index in [0.29, 0.717) is 5.69 Å². The van der Waals surface area contributed by atoms with Crippen molar-refractivity contribution in [3.05, 3.63) is 42.2 Å². The van der Waals surface area contributed by atoms with Gasteiger partial charge in [0.1, 0.15) is 0 Å². The lowest BCUT2D eigenvalue weighted by Gasteiger charge is -1.96. The Morgan fingerprint density at radius 3 is 2.07 bits per heavy atom. The van der Waals surface area contributed by atoms with Crippen molar-refractivity contribution >= 4 is 11.7 Å². The van der Waals surface area contributed by atoms with Crippen molar-refractivity contribution in [2.24, 2.45) is 0 Å². The summed E-state index contributed by atoms with van der Waals surface area (Å²) in [5, 5.41) is 8.49. The smallest absolute Gasteiger partial charge is 0.337 e. The molecular formula is C9H8F3NO2. The van der Waals surface area contributed by atoms with E-state index in [2.05, 4.69) is 0 Å². The van der Waals surface area contributed by atoms with Crippen LogP contribution in [-0.4, -0.2) is 11.1 Å². The van der Waals surface area contributed by atoms with Crippen LogP contribution in [0, 0.1) is 0 Å². The quantitative estimate of drug-likeness (QED) is 0.713. The number of para-hydroxylation sites is 1. The van der Waals surface area contributed by atoms with Crippen LogP contribution in [0.5, 0.6) is 0 Å². The Morgan fingerprint density at radius 1 is 1.33 bits per heavy atom. The number of benzene rings is 1. The van der Waals surface area contributed by atoms with Crippen LogP contribution in [0.2, 0.25) is 0 Å². The number of halogens is 3. The van der Waals surface area contributed by atoms with Crippen molar-refractivity contribution in [2.45, 2.75) is 0 Å². The fraction of sp³-hybridized carbons (Fsp3) is 0. The van der Waals surface area contributed by atoms with Gasteiger partial charge in [0.2, 0.25) is 0 Å². The van der Waals surface area contributed by atoms with E-state index in [1.54, 1.807) is 18.2 Å². The predicted octanol–water partition coefficient (Wildman–Crippen LogP) is 2.66. The number of carboxylic acids is 1. The highest BCUT2D eigenvalue weighted by atomic mass is 19.3. The third-order valence-corrected chi connectivity index (χ3v) is 1.27. The molecule has 1 aromatic carbocycles. The molecular weight excluding hydrogens is 211 g/mol. The Bertz CT molecular complexity index is 362. The summed E-state index contributed by atoms with van der Waals surface area (Å²) in [5.41, 5.74) is 5.80. The van der Waals surface area contributed by atoms with Crippen molar-refractivity contribution < 1.29 is 23.1 Å². The molecule has 82 valence electrons. The standard InChI is InChI=1S/C7H7NO2.C2HF3/c8-6-4-2-1-3-5(6)7(9)10;3-1-2(4)5/h1-4H,8H2,(H,9,10);1H. The summed E-state index contributed by atoms with van der Waals surface area (Å²) in [6.07, 6.45) is -3.04. The first-order valence-corrected chi connectivity index (χ1v) is 3.68. The third-order valence-electron chi connectivity index (χ3n) is 1.27. The summed E-state index contributed by atoms with van der Waals surface area (Å²) in [6, 6.07) is 6.36. The van der Waals surface area contributed by atoms with Crippen LogP contribution >= 0.6 is 0 Å². The molecule has 0 aliphatic rings. The molecule has 0 saturated carbocycles. The average Bonchev–Trinajstić information content (AvgIpc) is 2.19. The van der Waals surface area contributed by atoms with Crippen LogP contribution in [0.1, 0.15) is 10.4 Å². The van der Waals surface area contributed by atoms with Crippen molar-refractivity contribution in [3.8, 4) is 0 Å². The number of hydrogen-bond acceptors (Lipinski definition) is 2. The maximum Gasteiger partial charge on any atom is 0.337 e. The Balaban J connectivity index is 0.000000336. The fourth-order valence-electron chi connectivity index (χ4n) is 0.692. The highest BCUT2D eigenvalue weighted by Crippen LogP contribution is 2.08. The van der Waals surface area contributed by atoms with Gasteiger partial charge in [0.25, 0.3) is 6.08 Å². The lowest BCUT2D eigenvalue weighted by molar-refractivity contribution is 0.0698. The summed E-state index contributed by atoms with van der Waals surface area (Å²) >= 11 is 0. The van der Waals surface area contributed by atoms with E-state index in [0.717, 1.165) is 0 Å². The van der Waals surface area contributed by atoms with E-state index >= 15 is 0 Å². The summed E-state index contributed by atoms with van der Waals surface area (Å²) < 4.78 is 30.7. The minimum Gasteiger partial charge on any atom is -0.478 e. The maximum absolute atomic E-state index is 10.3. The molecule has 0 saturated heterocycles. The number of carboxylic acid groups (broad SMARTS) is 1. The summed E-state index contributed by atoms with van der Waals surface area (Å²) in [6.45, 7) is 0. The van der Waals surface area contributed by atoms with Crippen LogP contribution in [0.25, 0.3) is 0 Å². The second-order valence-electron chi connectivity index (χ2n) is 2.29. The molecule has 0 aliphatic heterocycles. The number of rotatable bonds is 1. The number of nitrogens with two attached hydrogens (primary N) is 1.